The maximum atomic E-state index is 13.4. The van der Waals surface area contributed by atoms with Crippen molar-refractivity contribution in [1.29, 1.82) is 0 Å². The van der Waals surface area contributed by atoms with E-state index in [1.54, 1.807) is 13.0 Å². The van der Waals surface area contributed by atoms with Crippen molar-refractivity contribution in [3.63, 3.8) is 0 Å². The van der Waals surface area contributed by atoms with Crippen LogP contribution in [0.1, 0.15) is 36.5 Å². The van der Waals surface area contributed by atoms with Crippen molar-refractivity contribution in [2.45, 2.75) is 45.9 Å². The number of rotatable bonds is 7. The van der Waals surface area contributed by atoms with Crippen LogP contribution in [0.2, 0.25) is 0 Å². The Morgan fingerprint density at radius 2 is 2.03 bits per heavy atom. The number of hydrogen-bond donors (Lipinski definition) is 3. The van der Waals surface area contributed by atoms with E-state index in [4.69, 9.17) is 4.74 Å². The van der Waals surface area contributed by atoms with Crippen LogP contribution in [0.4, 0.5) is 10.1 Å². The maximum absolute atomic E-state index is 13.4. The van der Waals surface area contributed by atoms with Crippen LogP contribution >= 0.6 is 24.0 Å². The molecule has 2 aromatic rings. The summed E-state index contributed by atoms with van der Waals surface area (Å²) >= 11 is 0. The summed E-state index contributed by atoms with van der Waals surface area (Å²) in [5.41, 5.74) is 3.33. The number of halogens is 2. The molecule has 0 bridgehead atoms. The number of nitrogens with zero attached hydrogens (tertiary/aromatic N) is 1. The third kappa shape index (κ3) is 7.77. The lowest BCUT2D eigenvalue weighted by Crippen LogP contribution is -2.36. The molecule has 1 saturated heterocycles. The first-order valence-electron chi connectivity index (χ1n) is 10.3. The van der Waals surface area contributed by atoms with E-state index in [1.807, 2.05) is 37.3 Å². The van der Waals surface area contributed by atoms with Crippen LogP contribution in [-0.4, -0.2) is 31.1 Å². The highest BCUT2D eigenvalue weighted by molar-refractivity contribution is 14.0. The van der Waals surface area contributed by atoms with E-state index in [2.05, 4.69) is 20.9 Å². The summed E-state index contributed by atoms with van der Waals surface area (Å²) in [5, 5.41) is 9.40. The van der Waals surface area contributed by atoms with Crippen LogP contribution in [0.5, 0.6) is 0 Å². The molecule has 31 heavy (non-hydrogen) atoms. The molecule has 168 valence electrons. The summed E-state index contributed by atoms with van der Waals surface area (Å²) < 4.78 is 18.9. The molecule has 1 aliphatic rings. The van der Waals surface area contributed by atoms with Gasteiger partial charge >= 0.3 is 0 Å². The van der Waals surface area contributed by atoms with Crippen molar-refractivity contribution in [2.75, 3.05) is 18.5 Å². The number of carbonyl (C=O) groups is 1. The lowest BCUT2D eigenvalue weighted by Gasteiger charge is -2.13. The molecule has 0 saturated carbocycles. The number of amides is 1. The summed E-state index contributed by atoms with van der Waals surface area (Å²) in [5.74, 6) is 0.372. The molecule has 1 aliphatic heterocycles. The first-order valence-corrected chi connectivity index (χ1v) is 10.3. The highest BCUT2D eigenvalue weighted by Crippen LogP contribution is 2.16. The van der Waals surface area contributed by atoms with E-state index in [9.17, 15) is 9.18 Å². The molecule has 2 aromatic carbocycles. The van der Waals surface area contributed by atoms with E-state index in [0.717, 1.165) is 36.2 Å². The van der Waals surface area contributed by atoms with Crippen molar-refractivity contribution >= 4 is 41.5 Å². The molecule has 0 aliphatic carbocycles. The van der Waals surface area contributed by atoms with Gasteiger partial charge in [-0.3, -0.25) is 4.79 Å². The molecule has 6 nitrogen and oxygen atoms in total. The number of aliphatic imine (C=N–C) groups is 1. The summed E-state index contributed by atoms with van der Waals surface area (Å²) in [4.78, 5) is 16.9. The SMILES string of the molecule is CCNC(=NCc1cccc(NC(=O)C2CCCO2)c1)NCc1ccc(F)c(C)c1.I. The van der Waals surface area contributed by atoms with E-state index in [1.165, 1.54) is 6.07 Å². The van der Waals surface area contributed by atoms with Gasteiger partial charge in [0.25, 0.3) is 5.91 Å². The fourth-order valence-electron chi connectivity index (χ4n) is 3.27. The van der Waals surface area contributed by atoms with E-state index < -0.39 is 0 Å². The quantitative estimate of drug-likeness (QED) is 0.281. The van der Waals surface area contributed by atoms with Gasteiger partial charge in [-0.05, 0) is 61.6 Å². The van der Waals surface area contributed by atoms with Crippen LogP contribution in [0.15, 0.2) is 47.5 Å². The minimum absolute atomic E-state index is 0. The Labute approximate surface area is 200 Å². The molecule has 0 radical (unpaired) electrons. The Balaban J connectivity index is 0.00000341. The Kier molecular flexibility index (Phi) is 10.2. The zero-order valence-corrected chi connectivity index (χ0v) is 20.2. The standard InChI is InChI=1S/C23H29FN4O2.HI/c1-3-25-23(27-15-18-9-10-20(24)16(2)12-18)26-14-17-6-4-7-19(13-17)28-22(29)21-8-5-11-30-21;/h4,6-7,9-10,12-13,21H,3,5,8,11,14-15H2,1-2H3,(H,28,29)(H2,25,26,27);1H. The third-order valence-electron chi connectivity index (χ3n) is 4.86. The van der Waals surface area contributed by atoms with Gasteiger partial charge in [-0.15, -0.1) is 24.0 Å². The molecule has 3 rings (SSSR count). The number of anilines is 1. The molecule has 0 spiro atoms. The average molecular weight is 540 g/mol. The van der Waals surface area contributed by atoms with Crippen LogP contribution in [0.3, 0.4) is 0 Å². The third-order valence-corrected chi connectivity index (χ3v) is 4.86. The Morgan fingerprint density at radius 1 is 1.19 bits per heavy atom. The van der Waals surface area contributed by atoms with E-state index >= 15 is 0 Å². The highest BCUT2D eigenvalue weighted by Gasteiger charge is 2.23. The lowest BCUT2D eigenvalue weighted by atomic mass is 10.1. The van der Waals surface area contributed by atoms with Gasteiger partial charge < -0.3 is 20.7 Å². The summed E-state index contributed by atoms with van der Waals surface area (Å²) in [6.07, 6.45) is 1.33. The van der Waals surface area contributed by atoms with Gasteiger partial charge in [0.05, 0.1) is 6.54 Å². The second kappa shape index (κ2) is 12.6. The normalized spacial score (nSPS) is 15.8. The van der Waals surface area contributed by atoms with Gasteiger partial charge in [0.15, 0.2) is 5.96 Å². The summed E-state index contributed by atoms with van der Waals surface area (Å²) in [6, 6.07) is 12.7. The van der Waals surface area contributed by atoms with Gasteiger partial charge in [-0.25, -0.2) is 9.38 Å². The average Bonchev–Trinajstić information content (AvgIpc) is 3.28. The number of hydrogen-bond acceptors (Lipinski definition) is 3. The van der Waals surface area contributed by atoms with E-state index in [-0.39, 0.29) is 41.8 Å². The molecule has 8 heteroatoms. The fraction of sp³-hybridized carbons (Fsp3) is 0.391. The molecule has 1 atom stereocenters. The van der Waals surface area contributed by atoms with Gasteiger partial charge in [0.2, 0.25) is 0 Å². The second-order valence-electron chi connectivity index (χ2n) is 7.32. The minimum Gasteiger partial charge on any atom is -0.368 e. The molecule has 3 N–H and O–H groups in total. The molecular formula is C23H30FIN4O2. The topological polar surface area (TPSA) is 74.8 Å². The van der Waals surface area contributed by atoms with Crippen LogP contribution in [0, 0.1) is 12.7 Å². The molecular weight excluding hydrogens is 510 g/mol. The zero-order chi connectivity index (χ0) is 21.3. The van der Waals surface area contributed by atoms with Crippen molar-refractivity contribution in [2.24, 2.45) is 4.99 Å². The van der Waals surface area contributed by atoms with Gasteiger partial charge in [0, 0.05) is 25.4 Å². The molecule has 1 heterocycles. The number of ether oxygens (including phenoxy) is 1. The largest absolute Gasteiger partial charge is 0.368 e. The second-order valence-corrected chi connectivity index (χ2v) is 7.32. The number of nitrogens with one attached hydrogen (secondary N) is 3. The first kappa shape index (κ1) is 25.1. The van der Waals surface area contributed by atoms with Crippen molar-refractivity contribution in [3.8, 4) is 0 Å². The Hall–Kier alpha value is -2.20. The number of carbonyl (C=O) groups excluding carboxylic acids is 1. The van der Waals surface area contributed by atoms with Crippen LogP contribution in [-0.2, 0) is 22.6 Å². The van der Waals surface area contributed by atoms with Gasteiger partial charge in [-0.1, -0.05) is 24.3 Å². The maximum Gasteiger partial charge on any atom is 0.253 e. The molecule has 0 aromatic heterocycles. The Bertz CT molecular complexity index is 901. The first-order chi connectivity index (χ1) is 14.5. The van der Waals surface area contributed by atoms with Crippen molar-refractivity contribution < 1.29 is 13.9 Å². The minimum atomic E-state index is -0.355. The molecule has 1 unspecified atom stereocenters. The predicted octanol–water partition coefficient (Wildman–Crippen LogP) is 4.12. The summed E-state index contributed by atoms with van der Waals surface area (Å²) in [6.45, 7) is 6.13. The number of aryl methyl sites for hydroxylation is 1. The summed E-state index contributed by atoms with van der Waals surface area (Å²) in [7, 11) is 0. The predicted molar refractivity (Wildman–Crippen MR) is 132 cm³/mol. The Morgan fingerprint density at radius 3 is 2.74 bits per heavy atom. The fourth-order valence-corrected chi connectivity index (χ4v) is 3.27. The van der Waals surface area contributed by atoms with Gasteiger partial charge in [-0.2, -0.15) is 0 Å². The molecule has 1 amide bonds. The van der Waals surface area contributed by atoms with Gasteiger partial charge in [0.1, 0.15) is 11.9 Å². The molecule has 1 fully saturated rings. The van der Waals surface area contributed by atoms with Crippen molar-refractivity contribution in [1.82, 2.24) is 10.6 Å². The monoisotopic (exact) mass is 540 g/mol. The van der Waals surface area contributed by atoms with Crippen LogP contribution < -0.4 is 16.0 Å². The number of benzene rings is 2. The zero-order valence-electron chi connectivity index (χ0n) is 17.9. The smallest absolute Gasteiger partial charge is 0.253 e. The van der Waals surface area contributed by atoms with E-state index in [0.29, 0.717) is 31.2 Å². The van der Waals surface area contributed by atoms with Crippen LogP contribution in [0.25, 0.3) is 0 Å². The van der Waals surface area contributed by atoms with Crippen molar-refractivity contribution in [3.05, 3.63) is 65.0 Å². The lowest BCUT2D eigenvalue weighted by molar-refractivity contribution is -0.124. The number of guanidine groups is 1. The highest BCUT2D eigenvalue weighted by atomic mass is 127.